The van der Waals surface area contributed by atoms with Crippen LogP contribution in [0.15, 0.2) is 0 Å². The third-order valence-electron chi connectivity index (χ3n) is 3.93. The molecule has 2 rings (SSSR count). The van der Waals surface area contributed by atoms with Crippen molar-refractivity contribution in [3.05, 3.63) is 0 Å². The molecule has 2 saturated heterocycles. The summed E-state index contributed by atoms with van der Waals surface area (Å²) < 4.78 is 5.27. The van der Waals surface area contributed by atoms with Crippen LogP contribution in [-0.4, -0.2) is 59.2 Å². The number of ether oxygens (including phenoxy) is 1. The molecule has 0 radical (unpaired) electrons. The summed E-state index contributed by atoms with van der Waals surface area (Å²) in [6.45, 7) is 4.95. The van der Waals surface area contributed by atoms with Gasteiger partial charge in [-0.25, -0.2) is 0 Å². The molecule has 2 fully saturated rings. The van der Waals surface area contributed by atoms with Crippen molar-refractivity contribution in [1.29, 1.82) is 0 Å². The molecule has 0 aromatic heterocycles. The highest BCUT2D eigenvalue weighted by Crippen LogP contribution is 2.29. The lowest BCUT2D eigenvalue weighted by Gasteiger charge is -2.41. The van der Waals surface area contributed by atoms with Crippen molar-refractivity contribution < 1.29 is 14.9 Å². The Morgan fingerprint density at radius 3 is 2.50 bits per heavy atom. The van der Waals surface area contributed by atoms with E-state index >= 15 is 0 Å². The van der Waals surface area contributed by atoms with Crippen LogP contribution < -0.4 is 0 Å². The van der Waals surface area contributed by atoms with Crippen LogP contribution in [0.5, 0.6) is 0 Å². The monoisotopic (exact) mass is 229 g/mol. The summed E-state index contributed by atoms with van der Waals surface area (Å²) >= 11 is 0. The first-order valence-electron chi connectivity index (χ1n) is 6.37. The smallest absolute Gasteiger partial charge is 0.0950 e. The molecular weight excluding hydrogens is 206 g/mol. The van der Waals surface area contributed by atoms with E-state index < -0.39 is 5.60 Å². The van der Waals surface area contributed by atoms with Gasteiger partial charge >= 0.3 is 0 Å². The third kappa shape index (κ3) is 2.56. The van der Waals surface area contributed by atoms with Crippen LogP contribution in [0.2, 0.25) is 0 Å². The molecule has 4 heteroatoms. The maximum Gasteiger partial charge on any atom is 0.0950 e. The van der Waals surface area contributed by atoms with Crippen LogP contribution in [-0.2, 0) is 4.74 Å². The van der Waals surface area contributed by atoms with Gasteiger partial charge in [-0.3, -0.25) is 4.90 Å². The van der Waals surface area contributed by atoms with Crippen LogP contribution >= 0.6 is 0 Å². The van der Waals surface area contributed by atoms with Gasteiger partial charge in [0.1, 0.15) is 0 Å². The number of hydrogen-bond acceptors (Lipinski definition) is 4. The highest BCUT2D eigenvalue weighted by atomic mass is 16.5. The minimum Gasteiger partial charge on any atom is -0.390 e. The fraction of sp³-hybridized carbons (Fsp3) is 1.00. The lowest BCUT2D eigenvalue weighted by Crippen LogP contribution is -2.51. The quantitative estimate of drug-likeness (QED) is 0.734. The number of aliphatic hydroxyl groups excluding tert-OH is 1. The van der Waals surface area contributed by atoms with Crippen LogP contribution in [0.1, 0.15) is 32.6 Å². The van der Waals surface area contributed by atoms with Crippen LogP contribution in [0.25, 0.3) is 0 Å². The molecule has 0 amide bonds. The molecule has 0 unspecified atom stereocenters. The number of rotatable bonds is 3. The maximum atomic E-state index is 10.3. The maximum absolute atomic E-state index is 10.3. The Morgan fingerprint density at radius 2 is 2.00 bits per heavy atom. The van der Waals surface area contributed by atoms with Crippen molar-refractivity contribution in [1.82, 2.24) is 4.90 Å². The van der Waals surface area contributed by atoms with Gasteiger partial charge in [-0.1, -0.05) is 13.3 Å². The van der Waals surface area contributed by atoms with Crippen molar-refractivity contribution in [2.24, 2.45) is 0 Å². The molecule has 4 nitrogen and oxygen atoms in total. The van der Waals surface area contributed by atoms with E-state index in [9.17, 15) is 10.2 Å². The zero-order valence-electron chi connectivity index (χ0n) is 10.1. The Balaban J connectivity index is 1.85. The first kappa shape index (κ1) is 12.3. The second-order valence-electron chi connectivity index (χ2n) is 5.18. The fourth-order valence-electron chi connectivity index (χ4n) is 2.87. The summed E-state index contributed by atoms with van der Waals surface area (Å²) in [4.78, 5) is 2.27. The summed E-state index contributed by atoms with van der Waals surface area (Å²) in [5, 5.41) is 20.0. The molecule has 0 bridgehead atoms. The fourth-order valence-corrected chi connectivity index (χ4v) is 2.87. The Labute approximate surface area is 97.2 Å². The minimum absolute atomic E-state index is 0.145. The largest absolute Gasteiger partial charge is 0.390 e. The third-order valence-corrected chi connectivity index (χ3v) is 3.93. The molecule has 0 aromatic rings. The average molecular weight is 229 g/mol. The lowest BCUT2D eigenvalue weighted by atomic mass is 9.86. The van der Waals surface area contributed by atoms with Gasteiger partial charge in [-0.15, -0.1) is 0 Å². The first-order chi connectivity index (χ1) is 7.64. The van der Waals surface area contributed by atoms with Gasteiger partial charge in [0, 0.05) is 13.1 Å². The second kappa shape index (κ2) is 5.00. The summed E-state index contributed by atoms with van der Waals surface area (Å²) in [6, 6.07) is 0.145. The number of piperidine rings is 1. The molecule has 0 spiro atoms. The van der Waals surface area contributed by atoms with E-state index in [1.54, 1.807) is 0 Å². The van der Waals surface area contributed by atoms with Gasteiger partial charge in [0.15, 0.2) is 0 Å². The highest BCUT2D eigenvalue weighted by molar-refractivity contribution is 4.91. The van der Waals surface area contributed by atoms with E-state index in [-0.39, 0.29) is 12.1 Å². The molecule has 2 aliphatic heterocycles. The van der Waals surface area contributed by atoms with Crippen molar-refractivity contribution in [3.8, 4) is 0 Å². The van der Waals surface area contributed by atoms with Gasteiger partial charge in [0.2, 0.25) is 0 Å². The molecule has 2 N–H and O–H groups in total. The molecular formula is C12H23NO3. The number of aliphatic hydroxyl groups is 2. The lowest BCUT2D eigenvalue weighted by molar-refractivity contribution is -0.0467. The van der Waals surface area contributed by atoms with E-state index in [1.165, 1.54) is 0 Å². The Hall–Kier alpha value is -0.160. The predicted octanol–water partition coefficient (Wildman–Crippen LogP) is 0.373. The average Bonchev–Trinajstić information content (AvgIpc) is 2.66. The Morgan fingerprint density at radius 1 is 1.31 bits per heavy atom. The van der Waals surface area contributed by atoms with Crippen molar-refractivity contribution in [2.75, 3.05) is 26.3 Å². The van der Waals surface area contributed by atoms with Crippen LogP contribution in [0.3, 0.4) is 0 Å². The normalized spacial score (nSPS) is 35.4. The highest BCUT2D eigenvalue weighted by Gasteiger charge is 2.37. The molecule has 0 aromatic carbocycles. The molecule has 2 heterocycles. The van der Waals surface area contributed by atoms with E-state index in [1.807, 2.05) is 0 Å². The SMILES string of the molecule is CCCC1(O)CCN([C@@H]2COC[C@H]2O)CC1. The van der Waals surface area contributed by atoms with Gasteiger partial charge in [0.05, 0.1) is 31.0 Å². The number of likely N-dealkylation sites (tertiary alicyclic amines) is 1. The van der Waals surface area contributed by atoms with E-state index in [2.05, 4.69) is 11.8 Å². The molecule has 0 aliphatic carbocycles. The molecule has 2 atom stereocenters. The Bertz CT molecular complexity index is 226. The van der Waals surface area contributed by atoms with Crippen molar-refractivity contribution in [2.45, 2.75) is 50.4 Å². The standard InChI is InChI=1S/C12H23NO3/c1-2-3-12(15)4-6-13(7-5-12)10-8-16-9-11(10)14/h10-11,14-15H,2-9H2,1H3/t10-,11-/m1/s1. The summed E-state index contributed by atoms with van der Waals surface area (Å²) in [7, 11) is 0. The Kier molecular flexibility index (Phi) is 3.85. The van der Waals surface area contributed by atoms with E-state index in [0.29, 0.717) is 13.2 Å². The van der Waals surface area contributed by atoms with Crippen molar-refractivity contribution >= 4 is 0 Å². The number of hydrogen-bond donors (Lipinski definition) is 2. The van der Waals surface area contributed by atoms with Gasteiger partial charge in [0.25, 0.3) is 0 Å². The van der Waals surface area contributed by atoms with E-state index in [4.69, 9.17) is 4.74 Å². The zero-order chi connectivity index (χ0) is 11.6. The summed E-state index contributed by atoms with van der Waals surface area (Å²) in [5.41, 5.74) is -0.463. The molecule has 0 saturated carbocycles. The van der Waals surface area contributed by atoms with E-state index in [0.717, 1.165) is 38.8 Å². The van der Waals surface area contributed by atoms with Crippen molar-refractivity contribution in [3.63, 3.8) is 0 Å². The van der Waals surface area contributed by atoms with Gasteiger partial charge in [-0.2, -0.15) is 0 Å². The first-order valence-corrected chi connectivity index (χ1v) is 6.37. The molecule has 2 aliphatic rings. The zero-order valence-corrected chi connectivity index (χ0v) is 10.1. The molecule has 94 valence electrons. The predicted molar refractivity (Wildman–Crippen MR) is 61.3 cm³/mol. The summed E-state index contributed by atoms with van der Waals surface area (Å²) in [6.07, 6.45) is 3.22. The number of nitrogens with zero attached hydrogens (tertiary/aromatic N) is 1. The topological polar surface area (TPSA) is 52.9 Å². The van der Waals surface area contributed by atoms with Gasteiger partial charge < -0.3 is 14.9 Å². The van der Waals surface area contributed by atoms with Gasteiger partial charge in [-0.05, 0) is 19.3 Å². The van der Waals surface area contributed by atoms with Crippen LogP contribution in [0, 0.1) is 0 Å². The second-order valence-corrected chi connectivity index (χ2v) is 5.18. The van der Waals surface area contributed by atoms with Crippen LogP contribution in [0.4, 0.5) is 0 Å². The molecule has 16 heavy (non-hydrogen) atoms. The summed E-state index contributed by atoms with van der Waals surface area (Å²) in [5.74, 6) is 0. The minimum atomic E-state index is -0.463.